The van der Waals surface area contributed by atoms with E-state index in [4.69, 9.17) is 16.3 Å². The Hall–Kier alpha value is -2.04. The SMILES string of the molecule is O=C(N[C@@H]1CCOc2ccccc21)c1sc2ccccc2c1Cl. The van der Waals surface area contributed by atoms with Crippen molar-refractivity contribution in [2.75, 3.05) is 6.61 Å². The Balaban J connectivity index is 1.64. The maximum atomic E-state index is 12.7. The Morgan fingerprint density at radius 2 is 1.96 bits per heavy atom. The van der Waals surface area contributed by atoms with Gasteiger partial charge in [0.1, 0.15) is 10.6 Å². The zero-order valence-corrected chi connectivity index (χ0v) is 13.8. The molecule has 0 saturated carbocycles. The van der Waals surface area contributed by atoms with E-state index in [0.29, 0.717) is 16.5 Å². The van der Waals surface area contributed by atoms with Crippen LogP contribution in [0, 0.1) is 0 Å². The molecule has 2 heterocycles. The summed E-state index contributed by atoms with van der Waals surface area (Å²) in [6.45, 7) is 0.599. The Bertz CT molecular complexity index is 890. The summed E-state index contributed by atoms with van der Waals surface area (Å²) in [5, 5.41) is 4.56. The number of amides is 1. The molecule has 0 spiro atoms. The molecule has 23 heavy (non-hydrogen) atoms. The van der Waals surface area contributed by atoms with Gasteiger partial charge < -0.3 is 10.1 Å². The molecule has 1 aromatic heterocycles. The second-order valence-corrected chi connectivity index (χ2v) is 6.87. The Morgan fingerprint density at radius 3 is 2.83 bits per heavy atom. The van der Waals surface area contributed by atoms with E-state index < -0.39 is 0 Å². The summed E-state index contributed by atoms with van der Waals surface area (Å²) in [5.74, 6) is 0.712. The van der Waals surface area contributed by atoms with E-state index in [-0.39, 0.29) is 11.9 Å². The number of thiophene rings is 1. The van der Waals surface area contributed by atoms with Crippen molar-refractivity contribution in [2.24, 2.45) is 0 Å². The first-order chi connectivity index (χ1) is 11.2. The minimum atomic E-state index is -0.127. The summed E-state index contributed by atoms with van der Waals surface area (Å²) < 4.78 is 6.66. The number of ether oxygens (including phenoxy) is 1. The molecular weight excluding hydrogens is 330 g/mol. The summed E-state index contributed by atoms with van der Waals surface area (Å²) in [5.41, 5.74) is 1.02. The highest BCUT2D eigenvalue weighted by molar-refractivity contribution is 7.21. The van der Waals surface area contributed by atoms with Gasteiger partial charge in [0.05, 0.1) is 17.7 Å². The van der Waals surface area contributed by atoms with Crippen molar-refractivity contribution in [1.29, 1.82) is 0 Å². The normalized spacial score (nSPS) is 16.7. The predicted octanol–water partition coefficient (Wildman–Crippen LogP) is 4.81. The van der Waals surface area contributed by atoms with Gasteiger partial charge in [-0.3, -0.25) is 4.79 Å². The molecule has 0 saturated heterocycles. The van der Waals surface area contributed by atoms with E-state index in [0.717, 1.165) is 27.8 Å². The Morgan fingerprint density at radius 1 is 1.17 bits per heavy atom. The van der Waals surface area contributed by atoms with E-state index in [2.05, 4.69) is 5.32 Å². The zero-order chi connectivity index (χ0) is 15.8. The van der Waals surface area contributed by atoms with Gasteiger partial charge in [0.2, 0.25) is 0 Å². The number of rotatable bonds is 2. The van der Waals surface area contributed by atoms with E-state index in [1.54, 1.807) is 0 Å². The third kappa shape index (κ3) is 2.58. The minimum Gasteiger partial charge on any atom is -0.493 e. The number of carbonyl (C=O) groups is 1. The molecule has 116 valence electrons. The molecule has 1 amide bonds. The van der Waals surface area contributed by atoms with Crippen LogP contribution in [0.5, 0.6) is 5.75 Å². The first-order valence-corrected chi connectivity index (χ1v) is 8.63. The summed E-state index contributed by atoms with van der Waals surface area (Å²) in [7, 11) is 0. The van der Waals surface area contributed by atoms with Gasteiger partial charge >= 0.3 is 0 Å². The standard InChI is InChI=1S/C18H14ClNO2S/c19-16-12-6-2-4-8-15(12)23-17(16)18(21)20-13-9-10-22-14-7-3-1-5-11(13)14/h1-8,13H,9-10H2,(H,20,21)/t13-/m1/s1. The molecule has 0 bridgehead atoms. The van der Waals surface area contributed by atoms with E-state index in [9.17, 15) is 4.79 Å². The number of fused-ring (bicyclic) bond motifs is 2. The summed E-state index contributed by atoms with van der Waals surface area (Å²) >= 11 is 7.82. The van der Waals surface area contributed by atoms with E-state index in [1.165, 1.54) is 11.3 Å². The Kier molecular flexibility index (Phi) is 3.71. The number of hydrogen-bond acceptors (Lipinski definition) is 3. The van der Waals surface area contributed by atoms with Crippen LogP contribution in [0.25, 0.3) is 10.1 Å². The van der Waals surface area contributed by atoms with Crippen LogP contribution in [0.2, 0.25) is 5.02 Å². The van der Waals surface area contributed by atoms with Gasteiger partial charge in [-0.1, -0.05) is 48.0 Å². The average molecular weight is 344 g/mol. The fraction of sp³-hybridized carbons (Fsp3) is 0.167. The van der Waals surface area contributed by atoms with Crippen LogP contribution in [-0.2, 0) is 0 Å². The van der Waals surface area contributed by atoms with Crippen molar-refractivity contribution in [3.8, 4) is 5.75 Å². The molecule has 2 aromatic carbocycles. The van der Waals surface area contributed by atoms with Crippen molar-refractivity contribution < 1.29 is 9.53 Å². The van der Waals surface area contributed by atoms with Crippen LogP contribution < -0.4 is 10.1 Å². The monoisotopic (exact) mass is 343 g/mol. The third-order valence-corrected chi connectivity index (χ3v) is 5.68. The van der Waals surface area contributed by atoms with Gasteiger partial charge in [-0.15, -0.1) is 11.3 Å². The zero-order valence-electron chi connectivity index (χ0n) is 12.2. The largest absolute Gasteiger partial charge is 0.493 e. The van der Waals surface area contributed by atoms with Gasteiger partial charge in [0.25, 0.3) is 5.91 Å². The lowest BCUT2D eigenvalue weighted by Gasteiger charge is -2.26. The summed E-state index contributed by atoms with van der Waals surface area (Å²) in [6.07, 6.45) is 0.755. The van der Waals surface area contributed by atoms with Crippen LogP contribution in [0.3, 0.4) is 0 Å². The second kappa shape index (κ2) is 5.87. The molecule has 4 rings (SSSR count). The molecule has 1 N–H and O–H groups in total. The highest BCUT2D eigenvalue weighted by Crippen LogP contribution is 2.36. The number of hydrogen-bond donors (Lipinski definition) is 1. The lowest BCUT2D eigenvalue weighted by molar-refractivity contribution is 0.0929. The maximum Gasteiger partial charge on any atom is 0.263 e. The molecule has 5 heteroatoms. The van der Waals surface area contributed by atoms with Crippen LogP contribution in [0.4, 0.5) is 0 Å². The van der Waals surface area contributed by atoms with Crippen LogP contribution >= 0.6 is 22.9 Å². The number of halogens is 1. The second-order valence-electron chi connectivity index (χ2n) is 5.44. The smallest absolute Gasteiger partial charge is 0.263 e. The van der Waals surface area contributed by atoms with E-state index >= 15 is 0 Å². The molecule has 0 unspecified atom stereocenters. The van der Waals surface area contributed by atoms with Gasteiger partial charge in [-0.05, 0) is 12.1 Å². The lowest BCUT2D eigenvalue weighted by Crippen LogP contribution is -2.31. The molecule has 3 aromatic rings. The molecule has 1 atom stereocenters. The van der Waals surface area contributed by atoms with Crippen LogP contribution in [-0.4, -0.2) is 12.5 Å². The summed E-state index contributed by atoms with van der Waals surface area (Å²) in [4.78, 5) is 13.3. The summed E-state index contributed by atoms with van der Waals surface area (Å²) in [6, 6.07) is 15.6. The molecule has 1 aliphatic heterocycles. The first-order valence-electron chi connectivity index (χ1n) is 7.43. The van der Waals surface area contributed by atoms with Crippen molar-refractivity contribution >= 4 is 38.9 Å². The van der Waals surface area contributed by atoms with Gasteiger partial charge in [-0.25, -0.2) is 0 Å². The molecule has 1 aliphatic rings. The molecular formula is C18H14ClNO2S. The third-order valence-electron chi connectivity index (χ3n) is 4.00. The fourth-order valence-corrected chi connectivity index (χ4v) is 4.30. The molecule has 0 fully saturated rings. The predicted molar refractivity (Wildman–Crippen MR) is 93.6 cm³/mol. The Labute approximate surface area is 142 Å². The van der Waals surface area contributed by atoms with Crippen LogP contribution in [0.1, 0.15) is 27.7 Å². The topological polar surface area (TPSA) is 38.3 Å². The van der Waals surface area contributed by atoms with Gasteiger partial charge in [0.15, 0.2) is 0 Å². The van der Waals surface area contributed by atoms with Gasteiger partial charge in [-0.2, -0.15) is 0 Å². The number of benzene rings is 2. The highest BCUT2D eigenvalue weighted by Gasteiger charge is 2.25. The maximum absolute atomic E-state index is 12.7. The number of carbonyl (C=O) groups excluding carboxylic acids is 1. The van der Waals surface area contributed by atoms with Crippen molar-refractivity contribution in [3.63, 3.8) is 0 Å². The number of para-hydroxylation sites is 1. The number of nitrogens with one attached hydrogen (secondary N) is 1. The first kappa shape index (κ1) is 14.5. The molecule has 0 radical (unpaired) electrons. The van der Waals surface area contributed by atoms with Crippen LogP contribution in [0.15, 0.2) is 48.5 Å². The minimum absolute atomic E-state index is 0.0475. The fourth-order valence-electron chi connectivity index (χ4n) is 2.88. The van der Waals surface area contributed by atoms with E-state index in [1.807, 2.05) is 48.5 Å². The van der Waals surface area contributed by atoms with Gasteiger partial charge in [0, 0.05) is 22.1 Å². The van der Waals surface area contributed by atoms with Crippen molar-refractivity contribution in [3.05, 3.63) is 64.0 Å². The average Bonchev–Trinajstić information content (AvgIpc) is 2.93. The molecule has 0 aliphatic carbocycles. The lowest BCUT2D eigenvalue weighted by atomic mass is 10.0. The quantitative estimate of drug-likeness (QED) is 0.725. The van der Waals surface area contributed by atoms with Crippen molar-refractivity contribution in [2.45, 2.75) is 12.5 Å². The highest BCUT2D eigenvalue weighted by atomic mass is 35.5. The van der Waals surface area contributed by atoms with Crippen molar-refractivity contribution in [1.82, 2.24) is 5.32 Å². The molecule has 3 nitrogen and oxygen atoms in total.